The van der Waals surface area contributed by atoms with Gasteiger partial charge in [0.25, 0.3) is 5.91 Å². The summed E-state index contributed by atoms with van der Waals surface area (Å²) in [7, 11) is 0.209. The molecule has 1 aliphatic heterocycles. The SMILES string of the molecule is CCCC(CCC)=NNC(=O)c1ccc(S(=O)(=O)N(C)C2CC[NH+](C)CC2)cc1. The number of piperidine rings is 1. The Balaban J connectivity index is 2.06. The average molecular weight is 424 g/mol. The third kappa shape index (κ3) is 6.35. The van der Waals surface area contributed by atoms with Crippen molar-refractivity contribution in [3.8, 4) is 0 Å². The van der Waals surface area contributed by atoms with Crippen LogP contribution in [0.2, 0.25) is 0 Å². The highest BCUT2D eigenvalue weighted by Gasteiger charge is 2.31. The highest BCUT2D eigenvalue weighted by Crippen LogP contribution is 2.20. The van der Waals surface area contributed by atoms with Crippen LogP contribution in [0.3, 0.4) is 0 Å². The van der Waals surface area contributed by atoms with E-state index < -0.39 is 10.0 Å². The third-order valence-corrected chi connectivity index (χ3v) is 7.43. The first-order chi connectivity index (χ1) is 13.8. The maximum absolute atomic E-state index is 12.9. The van der Waals surface area contributed by atoms with E-state index in [2.05, 4.69) is 31.4 Å². The van der Waals surface area contributed by atoms with E-state index in [0.29, 0.717) is 5.56 Å². The zero-order chi connectivity index (χ0) is 21.4. The van der Waals surface area contributed by atoms with E-state index in [1.807, 2.05) is 0 Å². The van der Waals surface area contributed by atoms with Gasteiger partial charge in [-0.3, -0.25) is 4.79 Å². The second-order valence-electron chi connectivity index (χ2n) is 7.85. The van der Waals surface area contributed by atoms with Crippen molar-refractivity contribution in [2.45, 2.75) is 63.3 Å². The standard InChI is InChI=1S/C21H34N4O3S/c1-5-7-18(8-6-2)22-23-21(26)17-9-11-20(12-10-17)29(27,28)25(4)19-13-15-24(3)16-14-19/h9-12,19H,5-8,13-16H2,1-4H3,(H,23,26)/p+1. The number of sulfonamides is 1. The van der Waals surface area contributed by atoms with Gasteiger partial charge in [-0.2, -0.15) is 9.41 Å². The van der Waals surface area contributed by atoms with Crippen LogP contribution < -0.4 is 10.3 Å². The summed E-state index contributed by atoms with van der Waals surface area (Å²) >= 11 is 0. The maximum atomic E-state index is 12.9. The molecule has 0 radical (unpaired) electrons. The molecule has 1 aromatic rings. The molecule has 2 N–H and O–H groups in total. The van der Waals surface area contributed by atoms with Crippen molar-refractivity contribution >= 4 is 21.6 Å². The van der Waals surface area contributed by atoms with Crippen molar-refractivity contribution < 1.29 is 18.1 Å². The molecule has 1 aliphatic rings. The molecule has 0 bridgehead atoms. The molecular weight excluding hydrogens is 388 g/mol. The number of quaternary nitrogens is 1. The molecule has 0 aliphatic carbocycles. The largest absolute Gasteiger partial charge is 0.337 e. The minimum Gasteiger partial charge on any atom is -0.337 e. The van der Waals surface area contributed by atoms with Crippen LogP contribution in [-0.4, -0.2) is 57.6 Å². The number of carbonyl (C=O) groups excluding carboxylic acids is 1. The Morgan fingerprint density at radius 1 is 1.14 bits per heavy atom. The topological polar surface area (TPSA) is 83.3 Å². The van der Waals surface area contributed by atoms with Gasteiger partial charge in [-0.15, -0.1) is 0 Å². The predicted octanol–water partition coefficient (Wildman–Crippen LogP) is 1.67. The summed E-state index contributed by atoms with van der Waals surface area (Å²) in [5.74, 6) is -0.328. The fourth-order valence-electron chi connectivity index (χ4n) is 3.61. The van der Waals surface area contributed by atoms with E-state index in [-0.39, 0.29) is 16.8 Å². The number of nitrogens with zero attached hydrogens (tertiary/aromatic N) is 2. The summed E-state index contributed by atoms with van der Waals surface area (Å²) in [6.45, 7) is 6.11. The van der Waals surface area contributed by atoms with Gasteiger partial charge < -0.3 is 4.90 Å². The maximum Gasteiger partial charge on any atom is 0.271 e. The van der Waals surface area contributed by atoms with E-state index in [4.69, 9.17) is 0 Å². The summed E-state index contributed by atoms with van der Waals surface area (Å²) in [5, 5.41) is 4.23. The first-order valence-corrected chi connectivity index (χ1v) is 12.0. The number of carbonyl (C=O) groups is 1. The minimum atomic E-state index is -3.57. The molecule has 1 fully saturated rings. The summed E-state index contributed by atoms with van der Waals surface area (Å²) in [6, 6.07) is 6.12. The van der Waals surface area contributed by atoms with Crippen molar-refractivity contribution in [3.63, 3.8) is 0 Å². The second kappa shape index (κ2) is 10.8. The van der Waals surface area contributed by atoms with Crippen LogP contribution in [0.1, 0.15) is 62.7 Å². The van der Waals surface area contributed by atoms with Gasteiger partial charge in [0.2, 0.25) is 10.0 Å². The van der Waals surface area contributed by atoms with Gasteiger partial charge in [0.1, 0.15) is 0 Å². The molecule has 29 heavy (non-hydrogen) atoms. The zero-order valence-electron chi connectivity index (χ0n) is 18.1. The molecule has 0 aromatic heterocycles. The van der Waals surface area contributed by atoms with Crippen LogP contribution in [-0.2, 0) is 10.0 Å². The van der Waals surface area contributed by atoms with Crippen molar-refractivity contribution in [1.29, 1.82) is 0 Å². The van der Waals surface area contributed by atoms with Gasteiger partial charge in [0.15, 0.2) is 0 Å². The molecular formula is C21H35N4O3S+. The van der Waals surface area contributed by atoms with Gasteiger partial charge in [0.05, 0.1) is 25.0 Å². The average Bonchev–Trinajstić information content (AvgIpc) is 2.72. The number of hydrogen-bond donors (Lipinski definition) is 2. The molecule has 1 heterocycles. The molecule has 7 nitrogen and oxygen atoms in total. The minimum absolute atomic E-state index is 0.0246. The van der Waals surface area contributed by atoms with Crippen molar-refractivity contribution in [2.24, 2.45) is 5.10 Å². The molecule has 0 spiro atoms. The summed E-state index contributed by atoms with van der Waals surface area (Å²) in [6.07, 6.45) is 5.39. The zero-order valence-corrected chi connectivity index (χ0v) is 18.9. The predicted molar refractivity (Wildman–Crippen MR) is 116 cm³/mol. The van der Waals surface area contributed by atoms with E-state index in [9.17, 15) is 13.2 Å². The van der Waals surface area contributed by atoms with Crippen LogP contribution in [0.25, 0.3) is 0 Å². The van der Waals surface area contributed by atoms with Crippen molar-refractivity contribution in [3.05, 3.63) is 29.8 Å². The molecule has 2 rings (SSSR count). The Morgan fingerprint density at radius 2 is 1.69 bits per heavy atom. The second-order valence-corrected chi connectivity index (χ2v) is 9.85. The Kier molecular flexibility index (Phi) is 8.79. The van der Waals surface area contributed by atoms with Crippen LogP contribution in [0, 0.1) is 0 Å². The number of rotatable bonds is 9. The molecule has 1 amide bonds. The van der Waals surface area contributed by atoms with E-state index in [1.165, 1.54) is 21.3 Å². The summed E-state index contributed by atoms with van der Waals surface area (Å²) < 4.78 is 27.4. The molecule has 162 valence electrons. The van der Waals surface area contributed by atoms with Crippen LogP contribution in [0.5, 0.6) is 0 Å². The Morgan fingerprint density at radius 3 is 2.21 bits per heavy atom. The van der Waals surface area contributed by atoms with Gasteiger partial charge in [-0.05, 0) is 37.1 Å². The number of likely N-dealkylation sites (tertiary alicyclic amines) is 1. The van der Waals surface area contributed by atoms with Gasteiger partial charge in [-0.25, -0.2) is 13.8 Å². The van der Waals surface area contributed by atoms with Gasteiger partial charge >= 0.3 is 0 Å². The number of amides is 1. The van der Waals surface area contributed by atoms with Crippen LogP contribution >= 0.6 is 0 Å². The third-order valence-electron chi connectivity index (χ3n) is 5.51. The lowest BCUT2D eigenvalue weighted by atomic mass is 10.1. The Labute approximate surface area is 175 Å². The smallest absolute Gasteiger partial charge is 0.271 e. The highest BCUT2D eigenvalue weighted by atomic mass is 32.2. The molecule has 0 saturated carbocycles. The van der Waals surface area contributed by atoms with Gasteiger partial charge in [-0.1, -0.05) is 26.7 Å². The van der Waals surface area contributed by atoms with Crippen molar-refractivity contribution in [2.75, 3.05) is 27.2 Å². The van der Waals surface area contributed by atoms with Crippen molar-refractivity contribution in [1.82, 2.24) is 9.73 Å². The fourth-order valence-corrected chi connectivity index (χ4v) is 5.02. The summed E-state index contributed by atoms with van der Waals surface area (Å²) in [5.41, 5.74) is 3.96. The molecule has 0 unspecified atom stereocenters. The first kappa shape index (κ1) is 23.5. The quantitative estimate of drug-likeness (QED) is 0.468. The first-order valence-electron chi connectivity index (χ1n) is 10.5. The van der Waals surface area contributed by atoms with Crippen LogP contribution in [0.4, 0.5) is 0 Å². The van der Waals surface area contributed by atoms with E-state index in [0.717, 1.165) is 57.3 Å². The molecule has 1 saturated heterocycles. The lowest BCUT2D eigenvalue weighted by molar-refractivity contribution is -0.885. The van der Waals surface area contributed by atoms with E-state index >= 15 is 0 Å². The lowest BCUT2D eigenvalue weighted by Gasteiger charge is -2.32. The normalized spacial score (nSPS) is 19.8. The van der Waals surface area contributed by atoms with Crippen LogP contribution in [0.15, 0.2) is 34.3 Å². The molecule has 8 heteroatoms. The molecule has 1 aromatic carbocycles. The number of benzene rings is 1. The Bertz CT molecular complexity index is 790. The highest BCUT2D eigenvalue weighted by molar-refractivity contribution is 7.89. The monoisotopic (exact) mass is 423 g/mol. The summed E-state index contributed by atoms with van der Waals surface area (Å²) in [4.78, 5) is 14.0. The Hall–Kier alpha value is -1.77. The number of hydrazone groups is 1. The van der Waals surface area contributed by atoms with E-state index in [1.54, 1.807) is 19.2 Å². The molecule has 0 atom stereocenters. The fraction of sp³-hybridized carbons (Fsp3) is 0.619. The number of hydrogen-bond acceptors (Lipinski definition) is 4. The lowest BCUT2D eigenvalue weighted by Crippen LogP contribution is -3.10. The van der Waals surface area contributed by atoms with Gasteiger partial charge in [0, 0.05) is 37.2 Å². The number of nitrogens with one attached hydrogen (secondary N) is 2.